The monoisotopic (exact) mass is 1190 g/mol. The molecule has 3 rings (SSSR count). The quantitative estimate of drug-likeness (QED) is 0.00752. The predicted octanol–water partition coefficient (Wildman–Crippen LogP) is 13.6. The van der Waals surface area contributed by atoms with Crippen molar-refractivity contribution in [2.45, 2.75) is 137 Å². The summed E-state index contributed by atoms with van der Waals surface area (Å²) in [6.45, 7) is 34.3. The summed E-state index contributed by atoms with van der Waals surface area (Å²) < 4.78 is 50.9. The molecule has 4 atom stereocenters. The van der Waals surface area contributed by atoms with Gasteiger partial charge in [-0.3, -0.25) is 9.59 Å². The number of unbranched alkanes of at least 4 members (excludes halogenated alkanes) is 7. The topological polar surface area (TPSA) is 214 Å². The SMILES string of the molecule is C=CC(=O)OCCCCCCOC(=C)/C=C\C(=C)OC(=O)C(C)CC[C@H](C)OC(=O)C(=C)C(/C=N/N(CCOCCCC)c1nc2ccccc2s1)=C\C(=C)OC(=O)C(C)CC[C@H](C)OC(=O)c1ccc(OCCCCCCOC(=O)C=C)cc1. The lowest BCUT2D eigenvalue weighted by molar-refractivity contribution is -0.145. The van der Waals surface area contributed by atoms with E-state index in [2.05, 4.69) is 46.4 Å². The second-order valence-electron chi connectivity index (χ2n) is 20.1. The van der Waals surface area contributed by atoms with Crippen molar-refractivity contribution in [3.63, 3.8) is 0 Å². The van der Waals surface area contributed by atoms with Gasteiger partial charge in [0.2, 0.25) is 5.13 Å². The zero-order valence-electron chi connectivity index (χ0n) is 50.4. The van der Waals surface area contributed by atoms with Crippen molar-refractivity contribution in [2.75, 3.05) is 51.2 Å². The average Bonchev–Trinajstić information content (AvgIpc) is 3.35. The Labute approximate surface area is 505 Å². The van der Waals surface area contributed by atoms with Crippen LogP contribution in [-0.4, -0.2) is 105 Å². The van der Waals surface area contributed by atoms with E-state index in [0.29, 0.717) is 94.1 Å². The van der Waals surface area contributed by atoms with Crippen LogP contribution in [0, 0.1) is 11.8 Å². The molecule has 2 aromatic carbocycles. The fraction of sp³-hybridized carbons (Fsp3) is 0.455. The summed E-state index contributed by atoms with van der Waals surface area (Å²) in [4.78, 5) is 80.4. The Morgan fingerprint density at radius 1 is 0.624 bits per heavy atom. The van der Waals surface area contributed by atoms with Crippen LogP contribution in [0.3, 0.4) is 0 Å². The molecule has 0 N–H and O–H groups in total. The highest BCUT2D eigenvalue weighted by Crippen LogP contribution is 2.29. The van der Waals surface area contributed by atoms with Gasteiger partial charge in [-0.1, -0.05) is 90.1 Å². The van der Waals surface area contributed by atoms with Crippen LogP contribution < -0.4 is 9.75 Å². The van der Waals surface area contributed by atoms with Crippen molar-refractivity contribution < 1.29 is 71.4 Å². The standard InChI is InChI=1S/C66H87N3O15S/c1-12-15-39-76-44-38-69(66-68-58-26-20-21-27-59(58)85-66)67-46-56(54(11)64(74)82-50(7)30-28-47(4)62(72)81-52(9)33-32-49(6)77-40-22-16-18-24-42-79-60(70)13-2)45-53(10)84-63(73)48(5)29-31-51(8)83-65(75)55-34-36-57(37-35-55)78-41-23-17-19-25-43-80-61(71)14-3/h13-14,20-21,26-27,32-37,45-48,50-51H,2-3,6,9-12,15-19,22-25,28-31,38-44H2,1,4-5,7-8H3/b33-32-,56-45-,67-46+/t47?,48?,50-,51-/m0/s1. The third kappa shape index (κ3) is 30.0. The molecule has 1 heterocycles. The molecule has 19 heteroatoms. The highest BCUT2D eigenvalue weighted by Gasteiger charge is 2.23. The molecule has 0 saturated heterocycles. The van der Waals surface area contributed by atoms with E-state index in [1.54, 1.807) is 63.0 Å². The number of hydrogen-bond donors (Lipinski definition) is 0. The maximum atomic E-state index is 13.9. The molecule has 0 saturated carbocycles. The first-order chi connectivity index (χ1) is 40.8. The number of benzene rings is 2. The van der Waals surface area contributed by atoms with Gasteiger partial charge in [0.15, 0.2) is 0 Å². The summed E-state index contributed by atoms with van der Waals surface area (Å²) in [5, 5.41) is 7.00. The molecule has 0 spiro atoms. The molecule has 0 aliphatic rings. The number of fused-ring (bicyclic) bond motifs is 1. The number of aromatic nitrogens is 1. The minimum Gasteiger partial charge on any atom is -0.494 e. The molecule has 1 aromatic heterocycles. The first kappa shape index (κ1) is 71.4. The molecule has 18 nitrogen and oxygen atoms in total. The fourth-order valence-corrected chi connectivity index (χ4v) is 8.49. The fourth-order valence-electron chi connectivity index (χ4n) is 7.54. The number of nitrogens with zero attached hydrogens (tertiary/aromatic N) is 3. The van der Waals surface area contributed by atoms with Crippen LogP contribution in [0.4, 0.5) is 5.13 Å². The minimum atomic E-state index is -0.784. The lowest BCUT2D eigenvalue weighted by atomic mass is 10.0. The largest absolute Gasteiger partial charge is 0.494 e. The number of ether oxygens (including phenoxy) is 9. The van der Waals surface area contributed by atoms with E-state index in [-0.39, 0.29) is 22.7 Å². The molecule has 2 unspecified atom stereocenters. The molecule has 0 bridgehead atoms. The molecule has 0 radical (unpaired) electrons. The van der Waals surface area contributed by atoms with Gasteiger partial charge in [-0.25, -0.2) is 29.2 Å². The van der Waals surface area contributed by atoms with Crippen LogP contribution in [0.2, 0.25) is 0 Å². The zero-order chi connectivity index (χ0) is 62.4. The Morgan fingerprint density at radius 2 is 1.18 bits per heavy atom. The van der Waals surface area contributed by atoms with E-state index in [9.17, 15) is 28.8 Å². The number of esters is 6. The number of hydrogen-bond acceptors (Lipinski definition) is 19. The van der Waals surface area contributed by atoms with Gasteiger partial charge in [-0.15, -0.1) is 0 Å². The molecule has 0 amide bonds. The number of anilines is 1. The summed E-state index contributed by atoms with van der Waals surface area (Å²) in [5.41, 5.74) is 1.16. The van der Waals surface area contributed by atoms with Crippen molar-refractivity contribution in [3.8, 4) is 5.75 Å². The van der Waals surface area contributed by atoms with Crippen molar-refractivity contribution in [1.82, 2.24) is 4.98 Å². The van der Waals surface area contributed by atoms with Crippen LogP contribution in [0.25, 0.3) is 10.2 Å². The molecule has 0 aliphatic heterocycles. The number of carbonyl (C=O) groups is 6. The van der Waals surface area contributed by atoms with Crippen molar-refractivity contribution in [3.05, 3.63) is 152 Å². The first-order valence-corrected chi connectivity index (χ1v) is 29.8. The summed E-state index contributed by atoms with van der Waals surface area (Å²) >= 11 is 1.43. The van der Waals surface area contributed by atoms with E-state index in [4.69, 9.17) is 52.7 Å². The summed E-state index contributed by atoms with van der Waals surface area (Å²) in [7, 11) is 0. The van der Waals surface area contributed by atoms with Gasteiger partial charge in [0.05, 0.1) is 91.2 Å². The van der Waals surface area contributed by atoms with E-state index in [1.807, 2.05) is 24.3 Å². The minimum absolute atomic E-state index is 0.0973. The van der Waals surface area contributed by atoms with Gasteiger partial charge in [0.1, 0.15) is 23.0 Å². The second-order valence-corrected chi connectivity index (χ2v) is 21.1. The number of allylic oxidation sites excluding steroid dienone is 3. The van der Waals surface area contributed by atoms with E-state index >= 15 is 0 Å². The number of rotatable bonds is 45. The zero-order valence-corrected chi connectivity index (χ0v) is 51.2. The van der Waals surface area contributed by atoms with E-state index in [0.717, 1.165) is 86.6 Å². The van der Waals surface area contributed by atoms with Gasteiger partial charge in [0, 0.05) is 24.3 Å². The molecule has 3 aromatic rings. The van der Waals surface area contributed by atoms with Crippen molar-refractivity contribution in [1.29, 1.82) is 0 Å². The van der Waals surface area contributed by atoms with Gasteiger partial charge < -0.3 is 42.6 Å². The number of thiazole rings is 1. The smallest absolute Gasteiger partial charge is 0.338 e. The predicted molar refractivity (Wildman–Crippen MR) is 332 cm³/mol. The van der Waals surface area contributed by atoms with E-state index in [1.165, 1.54) is 29.7 Å². The molecular formula is C66H87N3O15S. The number of hydrazone groups is 1. The normalized spacial score (nSPS) is 12.7. The molecule has 85 heavy (non-hydrogen) atoms. The third-order valence-corrected chi connectivity index (χ3v) is 13.8. The van der Waals surface area contributed by atoms with Crippen molar-refractivity contribution in [2.24, 2.45) is 16.9 Å². The van der Waals surface area contributed by atoms with Crippen LogP contribution in [-0.2, 0) is 61.9 Å². The van der Waals surface area contributed by atoms with Crippen LogP contribution >= 0.6 is 11.3 Å². The van der Waals surface area contributed by atoms with Gasteiger partial charge in [-0.2, -0.15) is 5.10 Å². The van der Waals surface area contributed by atoms with Crippen LogP contribution in [0.5, 0.6) is 5.75 Å². The highest BCUT2D eigenvalue weighted by atomic mass is 32.1. The summed E-state index contributed by atoms with van der Waals surface area (Å²) in [6.07, 6.45) is 16.7. The summed E-state index contributed by atoms with van der Waals surface area (Å²) in [6, 6.07) is 14.4. The molecule has 462 valence electrons. The highest BCUT2D eigenvalue weighted by molar-refractivity contribution is 7.22. The Morgan fingerprint density at radius 3 is 1.76 bits per heavy atom. The average molecular weight is 1190 g/mol. The third-order valence-electron chi connectivity index (χ3n) is 12.7. The van der Waals surface area contributed by atoms with Crippen molar-refractivity contribution >= 4 is 68.7 Å². The van der Waals surface area contributed by atoms with E-state index < -0.39 is 59.9 Å². The Hall–Kier alpha value is -7.90. The molecule has 0 fully saturated rings. The number of para-hydroxylation sites is 1. The molecular weight excluding hydrogens is 1110 g/mol. The maximum Gasteiger partial charge on any atom is 0.338 e. The number of carbonyl (C=O) groups excluding carboxylic acids is 6. The second kappa shape index (κ2) is 41.2. The Kier molecular flexibility index (Phi) is 34.6. The first-order valence-electron chi connectivity index (χ1n) is 29.0. The van der Waals surface area contributed by atoms with Gasteiger partial charge in [-0.05, 0) is 152 Å². The molecule has 0 aliphatic carbocycles. The maximum absolute atomic E-state index is 13.9. The summed E-state index contributed by atoms with van der Waals surface area (Å²) in [5.74, 6) is -3.51. The van der Waals surface area contributed by atoms with Crippen LogP contribution in [0.15, 0.2) is 152 Å². The van der Waals surface area contributed by atoms with Crippen LogP contribution in [0.1, 0.15) is 135 Å². The lowest BCUT2D eigenvalue weighted by Crippen LogP contribution is -2.23. The Balaban J connectivity index is 1.61. The van der Waals surface area contributed by atoms with Gasteiger partial charge in [0.25, 0.3) is 0 Å². The lowest BCUT2D eigenvalue weighted by Gasteiger charge is -2.18. The van der Waals surface area contributed by atoms with Gasteiger partial charge >= 0.3 is 35.8 Å². The Bertz CT molecular complexity index is 2750.